The summed E-state index contributed by atoms with van der Waals surface area (Å²) < 4.78 is 27.9. The minimum atomic E-state index is -3.87. The SMILES string of the molecule is CC1(C)CC(NS(=O)(=O)c2ccc(Cl)c([N+](=O)[O-])c2)CC(C)(C)N1. The maximum Gasteiger partial charge on any atom is 0.289 e. The van der Waals surface area contributed by atoms with E-state index in [0.717, 1.165) is 6.07 Å². The van der Waals surface area contributed by atoms with Crippen LogP contribution >= 0.6 is 11.6 Å². The molecule has 134 valence electrons. The van der Waals surface area contributed by atoms with Gasteiger partial charge < -0.3 is 5.32 Å². The van der Waals surface area contributed by atoms with Gasteiger partial charge in [0.1, 0.15) is 5.02 Å². The van der Waals surface area contributed by atoms with Gasteiger partial charge in [-0.25, -0.2) is 13.1 Å². The molecule has 0 radical (unpaired) electrons. The Bertz CT molecular complexity index is 746. The molecule has 1 aromatic rings. The fraction of sp³-hybridized carbons (Fsp3) is 0.600. The molecule has 24 heavy (non-hydrogen) atoms. The zero-order chi connectivity index (χ0) is 18.3. The van der Waals surface area contributed by atoms with Gasteiger partial charge in [-0.05, 0) is 52.7 Å². The largest absolute Gasteiger partial charge is 0.307 e. The summed E-state index contributed by atoms with van der Waals surface area (Å²) in [6.45, 7) is 8.06. The lowest BCUT2D eigenvalue weighted by molar-refractivity contribution is -0.384. The lowest BCUT2D eigenvalue weighted by Gasteiger charge is -2.46. The molecule has 0 spiro atoms. The molecule has 1 aliphatic heterocycles. The summed E-state index contributed by atoms with van der Waals surface area (Å²) in [6.07, 6.45) is 1.23. The second kappa shape index (κ2) is 6.25. The number of nitro benzene ring substituents is 1. The maximum atomic E-state index is 12.6. The molecule has 2 N–H and O–H groups in total. The Hall–Kier alpha value is -1.22. The first-order valence-electron chi connectivity index (χ1n) is 7.57. The van der Waals surface area contributed by atoms with Gasteiger partial charge in [-0.15, -0.1) is 0 Å². The van der Waals surface area contributed by atoms with Crippen molar-refractivity contribution in [3.8, 4) is 0 Å². The Morgan fingerprint density at radius 2 is 1.79 bits per heavy atom. The zero-order valence-electron chi connectivity index (χ0n) is 14.1. The third-order valence-electron chi connectivity index (χ3n) is 3.94. The van der Waals surface area contributed by atoms with Crippen LogP contribution in [0.2, 0.25) is 5.02 Å². The predicted molar refractivity (Wildman–Crippen MR) is 92.7 cm³/mol. The summed E-state index contributed by atoms with van der Waals surface area (Å²) in [5, 5.41) is 14.3. The van der Waals surface area contributed by atoms with E-state index in [-0.39, 0.29) is 27.0 Å². The Morgan fingerprint density at radius 1 is 1.25 bits per heavy atom. The van der Waals surface area contributed by atoms with Crippen LogP contribution in [0.15, 0.2) is 23.1 Å². The summed E-state index contributed by atoms with van der Waals surface area (Å²) in [4.78, 5) is 10.1. The summed E-state index contributed by atoms with van der Waals surface area (Å²) in [7, 11) is -3.87. The number of piperidine rings is 1. The van der Waals surface area contributed by atoms with Crippen LogP contribution in [0, 0.1) is 10.1 Å². The van der Waals surface area contributed by atoms with Crippen LogP contribution in [0.25, 0.3) is 0 Å². The lowest BCUT2D eigenvalue weighted by atomic mass is 9.80. The topological polar surface area (TPSA) is 101 Å². The highest BCUT2D eigenvalue weighted by molar-refractivity contribution is 7.89. The number of nitrogens with zero attached hydrogens (tertiary/aromatic N) is 1. The zero-order valence-corrected chi connectivity index (χ0v) is 15.7. The molecule has 1 heterocycles. The van der Waals surface area contributed by atoms with Gasteiger partial charge in [0.15, 0.2) is 0 Å². The molecule has 0 atom stereocenters. The van der Waals surface area contributed by atoms with Crippen molar-refractivity contribution in [3.05, 3.63) is 33.3 Å². The first kappa shape index (κ1) is 19.1. The Balaban J connectivity index is 2.29. The van der Waals surface area contributed by atoms with Crippen LogP contribution in [-0.4, -0.2) is 30.5 Å². The third kappa shape index (κ3) is 4.44. The quantitative estimate of drug-likeness (QED) is 0.622. The summed E-state index contributed by atoms with van der Waals surface area (Å²) in [5.74, 6) is 0. The van der Waals surface area contributed by atoms with E-state index >= 15 is 0 Å². The summed E-state index contributed by atoms with van der Waals surface area (Å²) in [6, 6.07) is 3.22. The first-order chi connectivity index (χ1) is 10.8. The minimum absolute atomic E-state index is 0.0944. The van der Waals surface area contributed by atoms with Crippen LogP contribution in [0.3, 0.4) is 0 Å². The van der Waals surface area contributed by atoms with Gasteiger partial charge in [0, 0.05) is 23.2 Å². The second-order valence-corrected chi connectivity index (χ2v) is 9.61. The van der Waals surface area contributed by atoms with Crippen molar-refractivity contribution in [2.24, 2.45) is 0 Å². The van der Waals surface area contributed by atoms with E-state index in [1.165, 1.54) is 12.1 Å². The van der Waals surface area contributed by atoms with Crippen molar-refractivity contribution in [1.82, 2.24) is 10.0 Å². The molecule has 0 aromatic heterocycles. The van der Waals surface area contributed by atoms with Gasteiger partial charge in [-0.2, -0.15) is 0 Å². The van der Waals surface area contributed by atoms with Crippen LogP contribution in [0.5, 0.6) is 0 Å². The average molecular weight is 376 g/mol. The van der Waals surface area contributed by atoms with E-state index in [1.54, 1.807) is 0 Å². The van der Waals surface area contributed by atoms with Crippen molar-refractivity contribution < 1.29 is 13.3 Å². The first-order valence-corrected chi connectivity index (χ1v) is 9.43. The fourth-order valence-electron chi connectivity index (χ4n) is 3.49. The highest BCUT2D eigenvalue weighted by Gasteiger charge is 2.39. The standard InChI is InChI=1S/C15H22ClN3O4S/c1-14(2)8-10(9-15(3,4)18-14)17-24(22,23)11-5-6-12(16)13(7-11)19(20)21/h5-7,10,17-18H,8-9H2,1-4H3. The maximum absolute atomic E-state index is 12.6. The molecule has 7 nitrogen and oxygen atoms in total. The Morgan fingerprint density at radius 3 is 2.29 bits per heavy atom. The highest BCUT2D eigenvalue weighted by Crippen LogP contribution is 2.31. The number of nitro groups is 1. The van der Waals surface area contributed by atoms with Gasteiger partial charge >= 0.3 is 0 Å². The lowest BCUT2D eigenvalue weighted by Crippen LogP contribution is -2.62. The van der Waals surface area contributed by atoms with Gasteiger partial charge in [0.25, 0.3) is 5.69 Å². The third-order valence-corrected chi connectivity index (χ3v) is 5.77. The molecular weight excluding hydrogens is 354 g/mol. The van der Waals surface area contributed by atoms with Crippen molar-refractivity contribution >= 4 is 27.3 Å². The van der Waals surface area contributed by atoms with Crippen LogP contribution in [0.4, 0.5) is 5.69 Å². The number of sulfonamides is 1. The normalized spacial score (nSPS) is 20.7. The molecule has 1 saturated heterocycles. The van der Waals surface area contributed by atoms with Crippen molar-refractivity contribution in [1.29, 1.82) is 0 Å². The smallest absolute Gasteiger partial charge is 0.289 e. The van der Waals surface area contributed by atoms with Gasteiger partial charge in [0.2, 0.25) is 10.0 Å². The van der Waals surface area contributed by atoms with Gasteiger partial charge in [-0.1, -0.05) is 11.6 Å². The molecule has 0 amide bonds. The molecule has 0 bridgehead atoms. The molecule has 0 aliphatic carbocycles. The van der Waals surface area contributed by atoms with Crippen molar-refractivity contribution in [2.75, 3.05) is 0 Å². The van der Waals surface area contributed by atoms with E-state index < -0.39 is 20.6 Å². The summed E-state index contributed by atoms with van der Waals surface area (Å²) in [5.41, 5.74) is -0.868. The van der Waals surface area contributed by atoms with Gasteiger partial charge in [-0.3, -0.25) is 10.1 Å². The molecule has 0 saturated carbocycles. The van der Waals surface area contributed by atoms with E-state index in [4.69, 9.17) is 11.6 Å². The predicted octanol–water partition coefficient (Wildman–Crippen LogP) is 2.84. The Labute approximate surface area is 147 Å². The molecule has 9 heteroatoms. The van der Waals surface area contributed by atoms with E-state index in [2.05, 4.69) is 10.0 Å². The number of hydrogen-bond donors (Lipinski definition) is 2. The highest BCUT2D eigenvalue weighted by atomic mass is 35.5. The molecule has 2 rings (SSSR count). The fourth-order valence-corrected chi connectivity index (χ4v) is 4.93. The van der Waals surface area contributed by atoms with Gasteiger partial charge in [0.05, 0.1) is 9.82 Å². The molecular formula is C15H22ClN3O4S. The average Bonchev–Trinajstić information content (AvgIpc) is 2.33. The number of nitrogens with one attached hydrogen (secondary N) is 2. The monoisotopic (exact) mass is 375 g/mol. The van der Waals surface area contributed by atoms with Crippen LogP contribution in [-0.2, 0) is 10.0 Å². The van der Waals surface area contributed by atoms with E-state index in [0.29, 0.717) is 12.8 Å². The molecule has 0 unspecified atom stereocenters. The van der Waals surface area contributed by atoms with Crippen molar-refractivity contribution in [2.45, 2.75) is 62.6 Å². The minimum Gasteiger partial charge on any atom is -0.307 e. The molecule has 1 aromatic carbocycles. The van der Waals surface area contributed by atoms with E-state index in [1.807, 2.05) is 27.7 Å². The second-order valence-electron chi connectivity index (χ2n) is 7.49. The number of hydrogen-bond acceptors (Lipinski definition) is 5. The number of rotatable bonds is 4. The van der Waals surface area contributed by atoms with Crippen LogP contribution < -0.4 is 10.0 Å². The number of benzene rings is 1. The molecule has 1 fully saturated rings. The van der Waals surface area contributed by atoms with Crippen LogP contribution in [0.1, 0.15) is 40.5 Å². The number of halogens is 1. The van der Waals surface area contributed by atoms with E-state index in [9.17, 15) is 18.5 Å². The summed E-state index contributed by atoms with van der Waals surface area (Å²) >= 11 is 5.74. The molecule has 1 aliphatic rings. The Kier molecular flexibility index (Phi) is 4.98. The van der Waals surface area contributed by atoms with Crippen molar-refractivity contribution in [3.63, 3.8) is 0 Å².